The van der Waals surface area contributed by atoms with E-state index >= 15 is 0 Å². The maximum Gasteiger partial charge on any atom is 0.159 e. The van der Waals surface area contributed by atoms with Gasteiger partial charge in [-0.15, -0.1) is 11.8 Å². The summed E-state index contributed by atoms with van der Waals surface area (Å²) >= 11 is 7.87. The topological polar surface area (TPSA) is 35.0 Å². The molecule has 1 aliphatic heterocycles. The van der Waals surface area contributed by atoms with Crippen LogP contribution in [0.4, 0.5) is 0 Å². The standard InChI is InChI=1S/C18H13ClN2OS/c1-22-14-5-2-11(3-6-14)18-20-9-12-10-23-16-8-13(19)4-7-15(16)17(12)21-18/h2-9H,10H2,1H3. The van der Waals surface area contributed by atoms with Gasteiger partial charge in [0.15, 0.2) is 5.82 Å². The molecule has 1 aromatic heterocycles. The molecule has 0 saturated heterocycles. The van der Waals surface area contributed by atoms with Crippen molar-refractivity contribution in [3.63, 3.8) is 0 Å². The minimum atomic E-state index is 0.721. The van der Waals surface area contributed by atoms with Crippen molar-refractivity contribution in [3.05, 3.63) is 59.2 Å². The third-order valence-electron chi connectivity index (χ3n) is 3.79. The molecule has 0 atom stereocenters. The van der Waals surface area contributed by atoms with Crippen molar-refractivity contribution in [1.82, 2.24) is 9.97 Å². The Morgan fingerprint density at radius 3 is 2.74 bits per heavy atom. The van der Waals surface area contributed by atoms with Gasteiger partial charge in [0, 0.05) is 38.6 Å². The Kier molecular flexibility index (Phi) is 3.71. The normalized spacial score (nSPS) is 12.4. The van der Waals surface area contributed by atoms with Crippen LogP contribution in [0.2, 0.25) is 5.02 Å². The maximum atomic E-state index is 6.10. The molecular weight excluding hydrogens is 328 g/mol. The van der Waals surface area contributed by atoms with Crippen LogP contribution in [0.1, 0.15) is 5.56 Å². The van der Waals surface area contributed by atoms with Gasteiger partial charge >= 0.3 is 0 Å². The fraction of sp³-hybridized carbons (Fsp3) is 0.111. The molecule has 2 heterocycles. The summed E-state index contributed by atoms with van der Waals surface area (Å²) in [6.07, 6.45) is 1.92. The Labute approximate surface area is 143 Å². The highest BCUT2D eigenvalue weighted by molar-refractivity contribution is 7.98. The van der Waals surface area contributed by atoms with E-state index in [1.165, 1.54) is 4.90 Å². The molecule has 0 N–H and O–H groups in total. The number of nitrogens with zero attached hydrogens (tertiary/aromatic N) is 2. The molecule has 1 aliphatic rings. The summed E-state index contributed by atoms with van der Waals surface area (Å²) in [6.45, 7) is 0. The monoisotopic (exact) mass is 340 g/mol. The van der Waals surface area contributed by atoms with E-state index < -0.39 is 0 Å². The summed E-state index contributed by atoms with van der Waals surface area (Å²) in [4.78, 5) is 10.5. The first-order valence-electron chi connectivity index (χ1n) is 7.17. The number of rotatable bonds is 2. The van der Waals surface area contributed by atoms with Gasteiger partial charge in [-0.3, -0.25) is 0 Å². The van der Waals surface area contributed by atoms with Crippen LogP contribution in [0.5, 0.6) is 5.75 Å². The number of ether oxygens (including phenoxy) is 1. The van der Waals surface area contributed by atoms with Gasteiger partial charge in [0.2, 0.25) is 0 Å². The van der Waals surface area contributed by atoms with E-state index in [1.54, 1.807) is 18.9 Å². The third kappa shape index (κ3) is 2.69. The number of thioether (sulfide) groups is 1. The lowest BCUT2D eigenvalue weighted by Crippen LogP contribution is -2.02. The Balaban J connectivity index is 1.81. The number of halogens is 1. The van der Waals surface area contributed by atoms with E-state index in [0.717, 1.165) is 44.7 Å². The van der Waals surface area contributed by atoms with E-state index in [-0.39, 0.29) is 0 Å². The Bertz CT molecular complexity index is 881. The van der Waals surface area contributed by atoms with Crippen LogP contribution < -0.4 is 4.74 Å². The van der Waals surface area contributed by atoms with Gasteiger partial charge in [-0.2, -0.15) is 0 Å². The van der Waals surface area contributed by atoms with Gasteiger partial charge < -0.3 is 4.74 Å². The maximum absolute atomic E-state index is 6.10. The minimum Gasteiger partial charge on any atom is -0.497 e. The molecule has 0 aliphatic carbocycles. The molecule has 0 radical (unpaired) electrons. The lowest BCUT2D eigenvalue weighted by Gasteiger charge is -2.18. The average molecular weight is 341 g/mol. The molecule has 3 aromatic rings. The molecule has 0 saturated carbocycles. The van der Waals surface area contributed by atoms with Crippen LogP contribution in [-0.4, -0.2) is 17.1 Å². The molecule has 114 valence electrons. The number of hydrogen-bond acceptors (Lipinski definition) is 4. The smallest absolute Gasteiger partial charge is 0.159 e. The van der Waals surface area contributed by atoms with Gasteiger partial charge in [0.05, 0.1) is 12.8 Å². The highest BCUT2D eigenvalue weighted by Gasteiger charge is 2.19. The Morgan fingerprint density at radius 2 is 1.96 bits per heavy atom. The van der Waals surface area contributed by atoms with Crippen molar-refractivity contribution in [2.75, 3.05) is 7.11 Å². The number of fused-ring (bicyclic) bond motifs is 3. The van der Waals surface area contributed by atoms with Crippen molar-refractivity contribution < 1.29 is 4.74 Å². The molecule has 0 spiro atoms. The van der Waals surface area contributed by atoms with Crippen LogP contribution >= 0.6 is 23.4 Å². The fourth-order valence-corrected chi connectivity index (χ4v) is 3.88. The molecule has 23 heavy (non-hydrogen) atoms. The predicted molar refractivity (Wildman–Crippen MR) is 94.0 cm³/mol. The van der Waals surface area contributed by atoms with Gasteiger partial charge in [-0.05, 0) is 36.4 Å². The van der Waals surface area contributed by atoms with Crippen LogP contribution in [-0.2, 0) is 5.75 Å². The lowest BCUT2D eigenvalue weighted by molar-refractivity contribution is 0.415. The zero-order valence-electron chi connectivity index (χ0n) is 12.4. The summed E-state index contributed by atoms with van der Waals surface area (Å²) < 4.78 is 5.20. The van der Waals surface area contributed by atoms with Crippen LogP contribution in [0.3, 0.4) is 0 Å². The Morgan fingerprint density at radius 1 is 1.13 bits per heavy atom. The van der Waals surface area contributed by atoms with Gasteiger partial charge in [0.1, 0.15) is 5.75 Å². The van der Waals surface area contributed by atoms with Crippen molar-refractivity contribution in [2.24, 2.45) is 0 Å². The zero-order valence-corrected chi connectivity index (χ0v) is 14.0. The van der Waals surface area contributed by atoms with E-state index in [9.17, 15) is 0 Å². The first-order valence-corrected chi connectivity index (χ1v) is 8.54. The number of aromatic nitrogens is 2. The largest absolute Gasteiger partial charge is 0.497 e. The lowest BCUT2D eigenvalue weighted by atomic mass is 10.1. The van der Waals surface area contributed by atoms with Crippen molar-refractivity contribution >= 4 is 23.4 Å². The van der Waals surface area contributed by atoms with Crippen molar-refractivity contribution in [2.45, 2.75) is 10.6 Å². The van der Waals surface area contributed by atoms with Gasteiger partial charge in [-0.25, -0.2) is 9.97 Å². The summed E-state index contributed by atoms with van der Waals surface area (Å²) in [7, 11) is 1.66. The molecule has 4 rings (SSSR count). The minimum absolute atomic E-state index is 0.721. The predicted octanol–water partition coefficient (Wildman–Crippen LogP) is 5.08. The molecule has 0 fully saturated rings. The average Bonchev–Trinajstić information content (AvgIpc) is 2.61. The van der Waals surface area contributed by atoms with E-state index in [1.807, 2.05) is 48.7 Å². The molecule has 5 heteroatoms. The molecule has 0 amide bonds. The first kappa shape index (κ1) is 14.5. The van der Waals surface area contributed by atoms with E-state index in [4.69, 9.17) is 21.3 Å². The van der Waals surface area contributed by atoms with Crippen LogP contribution in [0.25, 0.3) is 22.6 Å². The number of benzene rings is 2. The Hall–Kier alpha value is -2.04. The quantitative estimate of drug-likeness (QED) is 0.651. The number of hydrogen-bond donors (Lipinski definition) is 0. The molecule has 2 aromatic carbocycles. The summed E-state index contributed by atoms with van der Waals surface area (Å²) in [5.74, 6) is 2.41. The third-order valence-corrected chi connectivity index (χ3v) is 5.13. The fourth-order valence-electron chi connectivity index (χ4n) is 2.59. The summed E-state index contributed by atoms with van der Waals surface area (Å²) in [5.41, 5.74) is 4.25. The van der Waals surface area contributed by atoms with E-state index in [0.29, 0.717) is 0 Å². The van der Waals surface area contributed by atoms with Crippen molar-refractivity contribution in [3.8, 4) is 28.4 Å². The van der Waals surface area contributed by atoms with E-state index in [2.05, 4.69) is 4.98 Å². The molecular formula is C18H13ClN2OS. The second-order valence-electron chi connectivity index (χ2n) is 5.23. The van der Waals surface area contributed by atoms with Crippen LogP contribution in [0, 0.1) is 0 Å². The molecule has 0 unspecified atom stereocenters. The second-order valence-corrected chi connectivity index (χ2v) is 6.68. The van der Waals surface area contributed by atoms with Gasteiger partial charge in [0.25, 0.3) is 0 Å². The van der Waals surface area contributed by atoms with Crippen molar-refractivity contribution in [1.29, 1.82) is 0 Å². The second kappa shape index (κ2) is 5.87. The first-order chi connectivity index (χ1) is 11.2. The molecule has 3 nitrogen and oxygen atoms in total. The SMILES string of the molecule is COc1ccc(-c2ncc3c(n2)-c2ccc(Cl)cc2SC3)cc1. The summed E-state index contributed by atoms with van der Waals surface area (Å²) in [5, 5.41) is 0.754. The van der Waals surface area contributed by atoms with Gasteiger partial charge in [-0.1, -0.05) is 17.7 Å². The summed E-state index contributed by atoms with van der Waals surface area (Å²) in [6, 6.07) is 13.7. The highest BCUT2D eigenvalue weighted by atomic mass is 35.5. The highest BCUT2D eigenvalue weighted by Crippen LogP contribution is 2.41. The van der Waals surface area contributed by atoms with Crippen LogP contribution in [0.15, 0.2) is 53.6 Å². The molecule has 0 bridgehead atoms. The number of methoxy groups -OCH3 is 1. The zero-order chi connectivity index (χ0) is 15.8.